The lowest BCUT2D eigenvalue weighted by molar-refractivity contribution is 0.448. The maximum absolute atomic E-state index is 4.06. The Kier molecular flexibility index (Phi) is 3.73. The summed E-state index contributed by atoms with van der Waals surface area (Å²) in [4.78, 5) is 6.30. The molecule has 0 atom stereocenters. The molecule has 0 bridgehead atoms. The molecule has 62 valence electrons. The van der Waals surface area contributed by atoms with Gasteiger partial charge in [-0.05, 0) is 12.5 Å². The summed E-state index contributed by atoms with van der Waals surface area (Å²) in [5, 5.41) is 0. The first kappa shape index (κ1) is 8.31. The maximum Gasteiger partial charge on any atom is 0.0907 e. The summed E-state index contributed by atoms with van der Waals surface area (Å²) in [6.45, 7) is 4.42. The van der Waals surface area contributed by atoms with Crippen molar-refractivity contribution in [3.8, 4) is 0 Å². The summed E-state index contributed by atoms with van der Waals surface area (Å²) in [7, 11) is 0. The molecule has 0 spiro atoms. The molecule has 0 fully saturated rings. The van der Waals surface area contributed by atoms with Gasteiger partial charge in [-0.15, -0.1) is 0 Å². The highest BCUT2D eigenvalue weighted by Gasteiger charge is 1.98. The van der Waals surface area contributed by atoms with Gasteiger partial charge in [-0.1, -0.05) is 19.8 Å². The third-order valence-corrected chi connectivity index (χ3v) is 1.81. The molecule has 0 aliphatic carbocycles. The van der Waals surface area contributed by atoms with Crippen LogP contribution in [0.5, 0.6) is 0 Å². The van der Waals surface area contributed by atoms with Crippen LogP contribution in [0, 0.1) is 0 Å². The molecule has 0 radical (unpaired) electrons. The van der Waals surface area contributed by atoms with Crippen molar-refractivity contribution in [1.29, 1.82) is 0 Å². The van der Waals surface area contributed by atoms with Gasteiger partial charge < -0.3 is 4.90 Å². The highest BCUT2D eigenvalue weighted by molar-refractivity contribution is 5.57. The van der Waals surface area contributed by atoms with Crippen molar-refractivity contribution in [2.45, 2.75) is 26.2 Å². The lowest BCUT2D eigenvalue weighted by atomic mass is 10.2. The summed E-state index contributed by atoms with van der Waals surface area (Å²) < 4.78 is 0. The Labute approximate surface area is 68.6 Å². The monoisotopic (exact) mass is 152 g/mol. The molecule has 0 aromatic carbocycles. The van der Waals surface area contributed by atoms with Gasteiger partial charge in [0.2, 0.25) is 0 Å². The van der Waals surface area contributed by atoms with Gasteiger partial charge in [0.25, 0.3) is 0 Å². The van der Waals surface area contributed by atoms with Gasteiger partial charge in [-0.25, -0.2) is 4.99 Å². The molecule has 0 aromatic rings. The number of rotatable bonds is 4. The van der Waals surface area contributed by atoms with Crippen LogP contribution in [0.2, 0.25) is 0 Å². The van der Waals surface area contributed by atoms with Crippen LogP contribution in [0.3, 0.4) is 0 Å². The number of nitrogens with zero attached hydrogens (tertiary/aromatic N) is 2. The van der Waals surface area contributed by atoms with Crippen molar-refractivity contribution < 1.29 is 0 Å². The van der Waals surface area contributed by atoms with E-state index in [2.05, 4.69) is 22.9 Å². The fourth-order valence-electron chi connectivity index (χ4n) is 1.14. The third kappa shape index (κ3) is 3.21. The number of hydrogen-bond acceptors (Lipinski definition) is 2. The average Bonchev–Trinajstić information content (AvgIpc) is 2.07. The zero-order valence-electron chi connectivity index (χ0n) is 7.16. The van der Waals surface area contributed by atoms with E-state index in [1.165, 1.54) is 19.3 Å². The normalized spacial score (nSPS) is 15.9. The topological polar surface area (TPSA) is 15.6 Å². The number of hydrogen-bond donors (Lipinski definition) is 0. The molecular formula is C9H16N2. The van der Waals surface area contributed by atoms with E-state index in [4.69, 9.17) is 0 Å². The van der Waals surface area contributed by atoms with E-state index in [-0.39, 0.29) is 0 Å². The summed E-state index contributed by atoms with van der Waals surface area (Å²) in [5.74, 6) is 0. The van der Waals surface area contributed by atoms with Crippen molar-refractivity contribution >= 4 is 6.34 Å². The Bertz CT molecular complexity index is 150. The maximum atomic E-state index is 4.06. The van der Waals surface area contributed by atoms with Crippen LogP contribution in [0.1, 0.15) is 26.2 Å². The number of aliphatic imine (C=N–C) groups is 1. The zero-order chi connectivity index (χ0) is 7.94. The number of unbranched alkanes of at least 4 members (excludes halogenated alkanes) is 2. The summed E-state index contributed by atoms with van der Waals surface area (Å²) in [6.07, 6.45) is 9.78. The van der Waals surface area contributed by atoms with E-state index in [0.717, 1.165) is 13.1 Å². The molecule has 1 aliphatic rings. The molecule has 0 unspecified atom stereocenters. The average molecular weight is 152 g/mol. The second kappa shape index (κ2) is 4.94. The van der Waals surface area contributed by atoms with Gasteiger partial charge in [-0.2, -0.15) is 0 Å². The van der Waals surface area contributed by atoms with Gasteiger partial charge in [0, 0.05) is 19.3 Å². The Morgan fingerprint density at radius 3 is 3.00 bits per heavy atom. The minimum atomic E-state index is 1.03. The molecule has 0 amide bonds. The van der Waals surface area contributed by atoms with Crippen molar-refractivity contribution in [3.05, 3.63) is 12.3 Å². The van der Waals surface area contributed by atoms with Crippen molar-refractivity contribution in [2.24, 2.45) is 4.99 Å². The predicted octanol–water partition coefficient (Wildman–Crippen LogP) is 2.03. The molecule has 2 nitrogen and oxygen atoms in total. The molecule has 0 saturated carbocycles. The van der Waals surface area contributed by atoms with Crippen LogP contribution in [-0.4, -0.2) is 24.3 Å². The van der Waals surface area contributed by atoms with E-state index in [1.54, 1.807) is 0 Å². The quantitative estimate of drug-likeness (QED) is 0.563. The highest BCUT2D eigenvalue weighted by Crippen LogP contribution is 1.99. The Morgan fingerprint density at radius 1 is 1.45 bits per heavy atom. The van der Waals surface area contributed by atoms with E-state index in [0.29, 0.717) is 0 Å². The first-order valence-corrected chi connectivity index (χ1v) is 4.36. The highest BCUT2D eigenvalue weighted by atomic mass is 15.1. The van der Waals surface area contributed by atoms with Crippen molar-refractivity contribution in [1.82, 2.24) is 4.90 Å². The fraction of sp³-hybridized carbons (Fsp3) is 0.667. The second-order valence-corrected chi connectivity index (χ2v) is 2.85. The lowest BCUT2D eigenvalue weighted by Gasteiger charge is -2.18. The summed E-state index contributed by atoms with van der Waals surface area (Å²) in [6, 6.07) is 0. The van der Waals surface area contributed by atoms with Gasteiger partial charge in [0.15, 0.2) is 0 Å². The van der Waals surface area contributed by atoms with E-state index < -0.39 is 0 Å². The molecule has 11 heavy (non-hydrogen) atoms. The van der Waals surface area contributed by atoms with Crippen LogP contribution in [0.15, 0.2) is 17.3 Å². The van der Waals surface area contributed by atoms with Crippen LogP contribution in [0.4, 0.5) is 0 Å². The van der Waals surface area contributed by atoms with E-state index in [1.807, 2.05) is 12.5 Å². The minimum Gasteiger partial charge on any atom is -0.359 e. The first-order valence-electron chi connectivity index (χ1n) is 4.36. The molecule has 1 aliphatic heterocycles. The third-order valence-electron chi connectivity index (χ3n) is 1.81. The smallest absolute Gasteiger partial charge is 0.0907 e. The van der Waals surface area contributed by atoms with Crippen LogP contribution < -0.4 is 0 Å². The van der Waals surface area contributed by atoms with Crippen LogP contribution in [0.25, 0.3) is 0 Å². The SMILES string of the molecule is CCCCCN1C=NC=CC1. The van der Waals surface area contributed by atoms with E-state index >= 15 is 0 Å². The molecule has 0 N–H and O–H groups in total. The van der Waals surface area contributed by atoms with E-state index in [9.17, 15) is 0 Å². The van der Waals surface area contributed by atoms with Crippen molar-refractivity contribution in [3.63, 3.8) is 0 Å². The van der Waals surface area contributed by atoms with Crippen molar-refractivity contribution in [2.75, 3.05) is 13.1 Å². The molecule has 0 aromatic heterocycles. The van der Waals surface area contributed by atoms with Gasteiger partial charge >= 0.3 is 0 Å². The summed E-state index contributed by atoms with van der Waals surface area (Å²) >= 11 is 0. The Balaban J connectivity index is 2.07. The zero-order valence-corrected chi connectivity index (χ0v) is 7.16. The molecular weight excluding hydrogens is 136 g/mol. The molecule has 0 saturated heterocycles. The molecule has 1 heterocycles. The molecule has 1 rings (SSSR count). The van der Waals surface area contributed by atoms with Gasteiger partial charge in [-0.3, -0.25) is 0 Å². The summed E-state index contributed by atoms with van der Waals surface area (Å²) in [5.41, 5.74) is 0. The predicted molar refractivity (Wildman–Crippen MR) is 48.7 cm³/mol. The van der Waals surface area contributed by atoms with Crippen LogP contribution in [-0.2, 0) is 0 Å². The largest absolute Gasteiger partial charge is 0.359 e. The standard InChI is InChI=1S/C9H16N2/c1-2-3-4-7-11-8-5-6-10-9-11/h5-6,9H,2-4,7-8H2,1H3. The minimum absolute atomic E-state index is 1.03. The Hall–Kier alpha value is -0.790. The fourth-order valence-corrected chi connectivity index (χ4v) is 1.14. The molecule has 2 heteroatoms. The second-order valence-electron chi connectivity index (χ2n) is 2.85. The lowest BCUT2D eigenvalue weighted by Crippen LogP contribution is -2.24. The van der Waals surface area contributed by atoms with Gasteiger partial charge in [0.1, 0.15) is 0 Å². The Morgan fingerprint density at radius 2 is 2.36 bits per heavy atom. The van der Waals surface area contributed by atoms with Crippen LogP contribution >= 0.6 is 0 Å². The first-order chi connectivity index (χ1) is 5.43. The van der Waals surface area contributed by atoms with Gasteiger partial charge in [0.05, 0.1) is 6.34 Å².